The molecule has 0 fully saturated rings. The summed E-state index contributed by atoms with van der Waals surface area (Å²) in [7, 11) is 1.51. The zero-order valence-electron chi connectivity index (χ0n) is 17.2. The molecule has 30 heavy (non-hydrogen) atoms. The Labute approximate surface area is 179 Å². The van der Waals surface area contributed by atoms with E-state index >= 15 is 0 Å². The highest BCUT2D eigenvalue weighted by atomic mass is 35.5. The number of fused-ring (bicyclic) bond motifs is 1. The fourth-order valence-corrected chi connectivity index (χ4v) is 3.73. The lowest BCUT2D eigenvalue weighted by Crippen LogP contribution is -2.26. The van der Waals surface area contributed by atoms with Gasteiger partial charge in [0.25, 0.3) is 0 Å². The van der Waals surface area contributed by atoms with Gasteiger partial charge in [-0.25, -0.2) is 9.78 Å². The number of methoxy groups -OCH3 is 1. The number of esters is 1. The van der Waals surface area contributed by atoms with Crippen LogP contribution in [0.25, 0.3) is 10.9 Å². The Bertz CT molecular complexity index is 1130. The van der Waals surface area contributed by atoms with Gasteiger partial charge >= 0.3 is 5.97 Å². The van der Waals surface area contributed by atoms with Crippen LogP contribution < -0.4 is 5.73 Å². The molecule has 1 aromatic carbocycles. The van der Waals surface area contributed by atoms with E-state index in [1.165, 1.54) is 7.11 Å². The third kappa shape index (κ3) is 3.84. The first-order valence-corrected chi connectivity index (χ1v) is 9.68. The SMILES string of the molecule is COCCOC(=O)C1=C(C)OC(N)=C(C#N)[C@@H]1c1cc2c(C)ccc(C)c2nc1Cl. The minimum atomic E-state index is -0.858. The zero-order valence-corrected chi connectivity index (χ0v) is 18.0. The van der Waals surface area contributed by atoms with Gasteiger partial charge < -0.3 is 19.9 Å². The summed E-state index contributed by atoms with van der Waals surface area (Å²) in [6, 6.07) is 7.86. The first-order valence-electron chi connectivity index (χ1n) is 9.30. The lowest BCUT2D eigenvalue weighted by atomic mass is 9.83. The molecule has 156 valence electrons. The molecule has 1 aliphatic rings. The van der Waals surface area contributed by atoms with Crippen molar-refractivity contribution >= 4 is 28.5 Å². The minimum absolute atomic E-state index is 0.0575. The number of rotatable bonds is 5. The molecule has 0 aliphatic carbocycles. The maximum Gasteiger partial charge on any atom is 0.338 e. The van der Waals surface area contributed by atoms with Crippen molar-refractivity contribution in [2.75, 3.05) is 20.3 Å². The maximum atomic E-state index is 12.9. The summed E-state index contributed by atoms with van der Waals surface area (Å²) < 4.78 is 15.7. The third-order valence-corrected chi connectivity index (χ3v) is 5.34. The fourth-order valence-electron chi connectivity index (χ4n) is 3.48. The number of benzene rings is 1. The van der Waals surface area contributed by atoms with Crippen LogP contribution in [0.4, 0.5) is 0 Å². The third-order valence-electron chi connectivity index (χ3n) is 5.04. The largest absolute Gasteiger partial charge is 0.460 e. The highest BCUT2D eigenvalue weighted by Crippen LogP contribution is 2.43. The number of carbonyl (C=O) groups excluding carboxylic acids is 1. The molecule has 0 saturated heterocycles. The van der Waals surface area contributed by atoms with Crippen molar-refractivity contribution in [3.8, 4) is 6.07 Å². The van der Waals surface area contributed by atoms with Gasteiger partial charge in [0.15, 0.2) is 0 Å². The second-order valence-electron chi connectivity index (χ2n) is 6.99. The van der Waals surface area contributed by atoms with Crippen LogP contribution >= 0.6 is 11.6 Å². The topological polar surface area (TPSA) is 107 Å². The van der Waals surface area contributed by atoms with Crippen LogP contribution in [0.3, 0.4) is 0 Å². The number of nitrogens with zero attached hydrogens (tertiary/aromatic N) is 2. The van der Waals surface area contributed by atoms with Crippen molar-refractivity contribution in [2.45, 2.75) is 26.7 Å². The molecule has 8 heteroatoms. The Morgan fingerprint density at radius 1 is 1.30 bits per heavy atom. The molecule has 2 aromatic rings. The predicted molar refractivity (Wildman–Crippen MR) is 112 cm³/mol. The van der Waals surface area contributed by atoms with E-state index in [4.69, 9.17) is 31.5 Å². The summed E-state index contributed by atoms with van der Waals surface area (Å²) in [6.07, 6.45) is 0. The van der Waals surface area contributed by atoms with Gasteiger partial charge in [-0.05, 0) is 38.0 Å². The van der Waals surface area contributed by atoms with E-state index in [1.807, 2.05) is 32.0 Å². The number of hydrogen-bond donors (Lipinski definition) is 1. The van der Waals surface area contributed by atoms with Gasteiger partial charge in [-0.3, -0.25) is 0 Å². The number of ether oxygens (including phenoxy) is 3. The Hall–Kier alpha value is -3.08. The van der Waals surface area contributed by atoms with Crippen LogP contribution in [-0.4, -0.2) is 31.3 Å². The van der Waals surface area contributed by atoms with Crippen molar-refractivity contribution in [3.05, 3.63) is 62.8 Å². The number of pyridine rings is 1. The Morgan fingerprint density at radius 3 is 2.67 bits per heavy atom. The standard InChI is InChI=1S/C22H22ClN3O4/c1-11-5-6-12(2)19-14(11)9-15(20(23)26-19)18-16(10-24)21(25)30-13(3)17(18)22(27)29-8-7-28-4/h5-6,9,18H,7-8,25H2,1-4H3/t18-/m0/s1. The van der Waals surface area contributed by atoms with Crippen molar-refractivity contribution in [1.82, 2.24) is 4.98 Å². The average molecular weight is 428 g/mol. The van der Waals surface area contributed by atoms with Crippen LogP contribution in [0, 0.1) is 25.2 Å². The van der Waals surface area contributed by atoms with E-state index in [0.29, 0.717) is 5.56 Å². The maximum absolute atomic E-state index is 12.9. The van der Waals surface area contributed by atoms with Crippen LogP contribution in [0.15, 0.2) is 41.0 Å². The van der Waals surface area contributed by atoms with Crippen LogP contribution in [-0.2, 0) is 19.0 Å². The number of nitriles is 1. The summed E-state index contributed by atoms with van der Waals surface area (Å²) in [5, 5.41) is 10.8. The second-order valence-corrected chi connectivity index (χ2v) is 7.35. The predicted octanol–water partition coefficient (Wildman–Crippen LogP) is 3.78. The fraction of sp³-hybridized carbons (Fsp3) is 0.318. The molecular formula is C22H22ClN3O4. The summed E-state index contributed by atoms with van der Waals surface area (Å²) in [4.78, 5) is 17.4. The highest BCUT2D eigenvalue weighted by molar-refractivity contribution is 6.31. The molecule has 1 atom stereocenters. The summed E-state index contributed by atoms with van der Waals surface area (Å²) in [5.41, 5.74) is 9.42. The van der Waals surface area contributed by atoms with E-state index in [1.54, 1.807) is 6.92 Å². The first-order chi connectivity index (χ1) is 14.3. The molecule has 0 bridgehead atoms. The number of nitrogens with two attached hydrogens (primary N) is 1. The molecule has 0 radical (unpaired) electrons. The molecule has 1 aromatic heterocycles. The van der Waals surface area contributed by atoms with E-state index in [0.717, 1.165) is 22.0 Å². The van der Waals surface area contributed by atoms with Gasteiger partial charge in [-0.2, -0.15) is 5.26 Å². The first kappa shape index (κ1) is 21.6. The van der Waals surface area contributed by atoms with Gasteiger partial charge in [0, 0.05) is 18.1 Å². The molecule has 0 unspecified atom stereocenters. The van der Waals surface area contributed by atoms with Crippen molar-refractivity contribution in [1.29, 1.82) is 5.26 Å². The van der Waals surface area contributed by atoms with Gasteiger partial charge in [0.2, 0.25) is 5.88 Å². The van der Waals surface area contributed by atoms with Gasteiger partial charge in [-0.1, -0.05) is 23.7 Å². The zero-order chi connectivity index (χ0) is 22.0. The number of aryl methyl sites for hydroxylation is 2. The summed E-state index contributed by atoms with van der Waals surface area (Å²) in [5.74, 6) is -1.32. The monoisotopic (exact) mass is 427 g/mol. The molecule has 2 N–H and O–H groups in total. The Balaban J connectivity index is 2.21. The summed E-state index contributed by atoms with van der Waals surface area (Å²) in [6.45, 7) is 5.80. The number of carbonyl (C=O) groups is 1. The van der Waals surface area contributed by atoms with E-state index in [2.05, 4.69) is 11.1 Å². The van der Waals surface area contributed by atoms with Crippen molar-refractivity contribution in [2.24, 2.45) is 5.73 Å². The number of aromatic nitrogens is 1. The van der Waals surface area contributed by atoms with Crippen LogP contribution in [0.1, 0.15) is 29.5 Å². The number of hydrogen-bond acceptors (Lipinski definition) is 7. The summed E-state index contributed by atoms with van der Waals surface area (Å²) >= 11 is 6.56. The molecule has 1 aliphatic heterocycles. The van der Waals surface area contributed by atoms with Crippen LogP contribution in [0.2, 0.25) is 5.15 Å². The second kappa shape index (κ2) is 8.74. The van der Waals surface area contributed by atoms with Crippen LogP contribution in [0.5, 0.6) is 0 Å². The lowest BCUT2D eigenvalue weighted by molar-refractivity contribution is -0.140. The van der Waals surface area contributed by atoms with E-state index in [9.17, 15) is 10.1 Å². The highest BCUT2D eigenvalue weighted by Gasteiger charge is 2.38. The Morgan fingerprint density at radius 2 is 2.00 bits per heavy atom. The smallest absolute Gasteiger partial charge is 0.338 e. The molecule has 0 saturated carbocycles. The molecule has 0 amide bonds. The number of halogens is 1. The lowest BCUT2D eigenvalue weighted by Gasteiger charge is -2.27. The molecular weight excluding hydrogens is 406 g/mol. The average Bonchev–Trinajstić information content (AvgIpc) is 2.70. The molecule has 7 nitrogen and oxygen atoms in total. The number of allylic oxidation sites excluding steroid dienone is 2. The molecule has 0 spiro atoms. The molecule has 3 rings (SSSR count). The van der Waals surface area contributed by atoms with Crippen molar-refractivity contribution in [3.63, 3.8) is 0 Å². The molecule has 2 heterocycles. The van der Waals surface area contributed by atoms with Crippen molar-refractivity contribution < 1.29 is 19.0 Å². The van der Waals surface area contributed by atoms with Gasteiger partial charge in [-0.15, -0.1) is 0 Å². The quantitative estimate of drug-likeness (QED) is 0.439. The van der Waals surface area contributed by atoms with Gasteiger partial charge in [0.1, 0.15) is 29.2 Å². The Kier molecular flexibility index (Phi) is 6.30. The minimum Gasteiger partial charge on any atom is -0.460 e. The van der Waals surface area contributed by atoms with E-state index < -0.39 is 11.9 Å². The van der Waals surface area contributed by atoms with E-state index in [-0.39, 0.29) is 41.2 Å². The van der Waals surface area contributed by atoms with Gasteiger partial charge in [0.05, 0.1) is 23.6 Å². The normalized spacial score (nSPS) is 16.5.